The molecule has 0 radical (unpaired) electrons. The van der Waals surface area contributed by atoms with Crippen LogP contribution in [0.1, 0.15) is 18.5 Å². The maximum Gasteiger partial charge on any atom is 0.137 e. The van der Waals surface area contributed by atoms with E-state index < -0.39 is 0 Å². The van der Waals surface area contributed by atoms with Crippen LogP contribution in [0.4, 0.5) is 4.39 Å². The number of benzene rings is 1. The predicted molar refractivity (Wildman–Crippen MR) is 59.4 cm³/mol. The molecule has 1 aromatic rings. The van der Waals surface area contributed by atoms with Crippen LogP contribution in [-0.4, -0.2) is 6.54 Å². The van der Waals surface area contributed by atoms with E-state index in [4.69, 9.17) is 6.42 Å². The summed E-state index contributed by atoms with van der Waals surface area (Å²) in [4.78, 5) is 0. The molecule has 0 saturated carbocycles. The second kappa shape index (κ2) is 5.14. The van der Waals surface area contributed by atoms with Gasteiger partial charge in [-0.25, -0.2) is 4.39 Å². The van der Waals surface area contributed by atoms with Gasteiger partial charge in [-0.1, -0.05) is 12.0 Å². The molecule has 0 fully saturated rings. The van der Waals surface area contributed by atoms with Gasteiger partial charge in [-0.15, -0.1) is 6.42 Å². The number of rotatable bonds is 3. The van der Waals surface area contributed by atoms with Crippen molar-refractivity contribution in [1.29, 1.82) is 0 Å². The summed E-state index contributed by atoms with van der Waals surface area (Å²) < 4.78 is 13.6. The van der Waals surface area contributed by atoms with Crippen molar-refractivity contribution in [2.24, 2.45) is 0 Å². The Labute approximate surface area is 91.8 Å². The largest absolute Gasteiger partial charge is 0.300 e. The molecule has 3 heteroatoms. The number of hydrogen-bond acceptors (Lipinski definition) is 1. The molecule has 0 aromatic heterocycles. The summed E-state index contributed by atoms with van der Waals surface area (Å²) in [6.07, 6.45) is 5.11. The van der Waals surface area contributed by atoms with E-state index >= 15 is 0 Å². The minimum absolute atomic E-state index is 0.0636. The molecule has 0 amide bonds. The maximum absolute atomic E-state index is 13.1. The van der Waals surface area contributed by atoms with Crippen molar-refractivity contribution in [3.63, 3.8) is 0 Å². The third-order valence-electron chi connectivity index (χ3n) is 1.95. The van der Waals surface area contributed by atoms with Gasteiger partial charge >= 0.3 is 0 Å². The van der Waals surface area contributed by atoms with Gasteiger partial charge in [0.1, 0.15) is 5.82 Å². The zero-order valence-electron chi connectivity index (χ0n) is 7.85. The molecule has 1 aromatic carbocycles. The van der Waals surface area contributed by atoms with Gasteiger partial charge in [-0.05, 0) is 40.5 Å². The van der Waals surface area contributed by atoms with E-state index in [-0.39, 0.29) is 11.9 Å². The molecule has 0 heterocycles. The molecule has 1 rings (SSSR count). The summed E-state index contributed by atoms with van der Waals surface area (Å²) in [6.45, 7) is 2.43. The highest BCUT2D eigenvalue weighted by atomic mass is 79.9. The second-order valence-electron chi connectivity index (χ2n) is 2.98. The molecule has 1 atom stereocenters. The molecule has 0 bridgehead atoms. The molecule has 0 spiro atoms. The van der Waals surface area contributed by atoms with Crippen molar-refractivity contribution in [2.75, 3.05) is 6.54 Å². The van der Waals surface area contributed by atoms with Crippen LogP contribution in [0.3, 0.4) is 0 Å². The molecule has 0 aliphatic rings. The first-order valence-electron chi connectivity index (χ1n) is 4.27. The molecule has 74 valence electrons. The first-order chi connectivity index (χ1) is 6.65. The topological polar surface area (TPSA) is 12.0 Å². The fourth-order valence-electron chi connectivity index (χ4n) is 1.11. The van der Waals surface area contributed by atoms with E-state index in [9.17, 15) is 4.39 Å². The van der Waals surface area contributed by atoms with Crippen LogP contribution in [0.2, 0.25) is 0 Å². The summed E-state index contributed by atoms with van der Waals surface area (Å²) in [6, 6.07) is 5.12. The van der Waals surface area contributed by atoms with Gasteiger partial charge in [0.25, 0.3) is 0 Å². The fourth-order valence-corrected chi connectivity index (χ4v) is 1.36. The van der Waals surface area contributed by atoms with Crippen LogP contribution in [-0.2, 0) is 0 Å². The maximum atomic E-state index is 13.1. The van der Waals surface area contributed by atoms with Gasteiger partial charge in [-0.2, -0.15) is 0 Å². The lowest BCUT2D eigenvalue weighted by atomic mass is 10.1. The van der Waals surface area contributed by atoms with Crippen molar-refractivity contribution in [2.45, 2.75) is 13.0 Å². The molecular weight excluding hydrogens is 245 g/mol. The Morgan fingerprint density at radius 2 is 2.36 bits per heavy atom. The van der Waals surface area contributed by atoms with Gasteiger partial charge in [0.05, 0.1) is 11.0 Å². The van der Waals surface area contributed by atoms with Gasteiger partial charge in [-0.3, -0.25) is 5.32 Å². The van der Waals surface area contributed by atoms with E-state index in [1.807, 2.05) is 13.0 Å². The Balaban J connectivity index is 2.76. The minimum atomic E-state index is -0.253. The van der Waals surface area contributed by atoms with Crippen LogP contribution in [0.15, 0.2) is 22.7 Å². The van der Waals surface area contributed by atoms with E-state index in [0.717, 1.165) is 5.56 Å². The van der Waals surface area contributed by atoms with E-state index in [0.29, 0.717) is 11.0 Å². The quantitative estimate of drug-likeness (QED) is 0.820. The molecule has 1 N–H and O–H groups in total. The van der Waals surface area contributed by atoms with Crippen molar-refractivity contribution in [3.05, 3.63) is 34.1 Å². The third-order valence-corrected chi connectivity index (χ3v) is 2.60. The standard InChI is InChI=1S/C11H11BrFN/c1-3-6-14-8(2)9-4-5-10(12)11(13)7-9/h1,4-5,7-8,14H,6H2,2H3. The average Bonchev–Trinajstić information content (AvgIpc) is 2.18. The zero-order valence-corrected chi connectivity index (χ0v) is 9.44. The lowest BCUT2D eigenvalue weighted by Crippen LogP contribution is -2.18. The number of halogens is 2. The van der Waals surface area contributed by atoms with E-state index in [2.05, 4.69) is 27.2 Å². The minimum Gasteiger partial charge on any atom is -0.300 e. The van der Waals surface area contributed by atoms with Gasteiger partial charge in [0.2, 0.25) is 0 Å². The molecule has 0 saturated heterocycles. The highest BCUT2D eigenvalue weighted by Gasteiger charge is 2.06. The summed E-state index contributed by atoms with van der Waals surface area (Å²) in [5.74, 6) is 2.23. The van der Waals surface area contributed by atoms with Crippen LogP contribution in [0.25, 0.3) is 0 Å². The summed E-state index contributed by atoms with van der Waals surface area (Å²) in [5, 5.41) is 3.08. The first-order valence-corrected chi connectivity index (χ1v) is 5.06. The Morgan fingerprint density at radius 1 is 1.64 bits per heavy atom. The van der Waals surface area contributed by atoms with Crippen molar-refractivity contribution in [1.82, 2.24) is 5.32 Å². The van der Waals surface area contributed by atoms with Crippen molar-refractivity contribution >= 4 is 15.9 Å². The van der Waals surface area contributed by atoms with Crippen LogP contribution < -0.4 is 5.32 Å². The first kappa shape index (κ1) is 11.2. The normalized spacial score (nSPS) is 12.1. The van der Waals surface area contributed by atoms with Crippen LogP contribution in [0.5, 0.6) is 0 Å². The Bertz CT molecular complexity index is 357. The molecule has 0 aliphatic carbocycles. The van der Waals surface area contributed by atoms with Crippen molar-refractivity contribution < 1.29 is 4.39 Å². The second-order valence-corrected chi connectivity index (χ2v) is 3.83. The smallest absolute Gasteiger partial charge is 0.137 e. The summed E-state index contributed by atoms with van der Waals surface area (Å²) in [7, 11) is 0. The molecule has 1 unspecified atom stereocenters. The third kappa shape index (κ3) is 2.83. The van der Waals surface area contributed by atoms with E-state index in [1.165, 1.54) is 6.07 Å². The molecule has 14 heavy (non-hydrogen) atoms. The van der Waals surface area contributed by atoms with Crippen LogP contribution in [0, 0.1) is 18.2 Å². The van der Waals surface area contributed by atoms with E-state index in [1.54, 1.807) is 6.07 Å². The lowest BCUT2D eigenvalue weighted by molar-refractivity contribution is 0.594. The Morgan fingerprint density at radius 3 is 2.93 bits per heavy atom. The van der Waals surface area contributed by atoms with Crippen LogP contribution >= 0.6 is 15.9 Å². The van der Waals surface area contributed by atoms with Gasteiger partial charge in [0, 0.05) is 6.04 Å². The monoisotopic (exact) mass is 255 g/mol. The molecule has 0 aliphatic heterocycles. The molecule has 1 nitrogen and oxygen atoms in total. The fraction of sp³-hybridized carbons (Fsp3) is 0.273. The zero-order chi connectivity index (χ0) is 10.6. The highest BCUT2D eigenvalue weighted by Crippen LogP contribution is 2.20. The average molecular weight is 256 g/mol. The van der Waals surface area contributed by atoms with Crippen molar-refractivity contribution in [3.8, 4) is 12.3 Å². The summed E-state index contributed by atoms with van der Waals surface area (Å²) in [5.41, 5.74) is 0.890. The highest BCUT2D eigenvalue weighted by molar-refractivity contribution is 9.10. The Kier molecular flexibility index (Phi) is 4.12. The SMILES string of the molecule is C#CCNC(C)c1ccc(Br)c(F)c1. The molecular formula is C11H11BrFN. The Hall–Kier alpha value is -0.850. The number of terminal acetylenes is 1. The lowest BCUT2D eigenvalue weighted by Gasteiger charge is -2.12. The number of nitrogens with one attached hydrogen (secondary N) is 1. The van der Waals surface area contributed by atoms with Gasteiger partial charge in [0.15, 0.2) is 0 Å². The number of hydrogen-bond donors (Lipinski definition) is 1. The van der Waals surface area contributed by atoms with Gasteiger partial charge < -0.3 is 0 Å². The summed E-state index contributed by atoms with van der Waals surface area (Å²) >= 11 is 3.10. The predicted octanol–water partition coefficient (Wildman–Crippen LogP) is 2.87.